The Hall–Kier alpha value is -1.05. The summed E-state index contributed by atoms with van der Waals surface area (Å²) in [6.07, 6.45) is 5.93. The van der Waals surface area contributed by atoms with Gasteiger partial charge in [0.05, 0.1) is 0 Å². The molecule has 0 bridgehead atoms. The van der Waals surface area contributed by atoms with Gasteiger partial charge in [0.2, 0.25) is 0 Å². The summed E-state index contributed by atoms with van der Waals surface area (Å²) in [5.74, 6) is -0.379. The number of carboxylic acid groups (broad SMARTS) is 1. The van der Waals surface area contributed by atoms with Gasteiger partial charge in [-0.25, -0.2) is 4.79 Å². The van der Waals surface area contributed by atoms with Gasteiger partial charge in [0, 0.05) is 6.08 Å². The Morgan fingerprint density at radius 3 is 2.50 bits per heavy atom. The van der Waals surface area contributed by atoms with Gasteiger partial charge in [-0.1, -0.05) is 38.0 Å². The Morgan fingerprint density at radius 2 is 2.08 bits per heavy atom. The zero-order valence-corrected chi connectivity index (χ0v) is 7.87. The molecule has 0 aliphatic rings. The summed E-state index contributed by atoms with van der Waals surface area (Å²) < 4.78 is 0. The van der Waals surface area contributed by atoms with Crippen LogP contribution in [0.15, 0.2) is 23.8 Å². The van der Waals surface area contributed by atoms with E-state index in [0.29, 0.717) is 5.92 Å². The van der Waals surface area contributed by atoms with Crippen molar-refractivity contribution in [2.75, 3.05) is 0 Å². The van der Waals surface area contributed by atoms with Gasteiger partial charge < -0.3 is 5.11 Å². The van der Waals surface area contributed by atoms with E-state index in [2.05, 4.69) is 19.9 Å². The molecule has 0 aliphatic carbocycles. The second-order valence-electron chi connectivity index (χ2n) is 2.97. The molecule has 0 amide bonds. The highest BCUT2D eigenvalue weighted by molar-refractivity contribution is 5.80. The number of allylic oxidation sites excluding steroid dienone is 3. The lowest BCUT2D eigenvalue weighted by Crippen LogP contribution is -1.89. The molecule has 68 valence electrons. The van der Waals surface area contributed by atoms with Crippen LogP contribution in [-0.4, -0.2) is 11.1 Å². The highest BCUT2D eigenvalue weighted by atomic mass is 16.4. The highest BCUT2D eigenvalue weighted by Gasteiger charge is 1.93. The van der Waals surface area contributed by atoms with Crippen molar-refractivity contribution < 1.29 is 9.90 Å². The lowest BCUT2D eigenvalue weighted by Gasteiger charge is -2.00. The number of carboxylic acids is 1. The largest absolute Gasteiger partial charge is 0.478 e. The molecule has 0 aromatic rings. The molecule has 0 radical (unpaired) electrons. The van der Waals surface area contributed by atoms with Crippen molar-refractivity contribution in [1.29, 1.82) is 0 Å². The van der Waals surface area contributed by atoms with E-state index in [0.717, 1.165) is 18.1 Å². The Labute approximate surface area is 73.6 Å². The van der Waals surface area contributed by atoms with Crippen molar-refractivity contribution in [2.45, 2.75) is 27.2 Å². The van der Waals surface area contributed by atoms with Crippen molar-refractivity contribution in [2.24, 2.45) is 5.92 Å². The molecule has 1 N–H and O–H groups in total. The Kier molecular flexibility index (Phi) is 5.09. The standard InChI is InChI=1S/C10H16O2/c1-4-8(2)7-9(3)5-6-10(11)12/h5-8H,4H2,1-3H3,(H,11,12). The highest BCUT2D eigenvalue weighted by Crippen LogP contribution is 2.07. The van der Waals surface area contributed by atoms with Crippen LogP contribution in [-0.2, 0) is 4.79 Å². The van der Waals surface area contributed by atoms with Crippen LogP contribution in [0.4, 0.5) is 0 Å². The van der Waals surface area contributed by atoms with Gasteiger partial charge in [0.25, 0.3) is 0 Å². The number of aliphatic carboxylic acids is 1. The maximum absolute atomic E-state index is 10.1. The predicted molar refractivity (Wildman–Crippen MR) is 50.0 cm³/mol. The first-order chi connectivity index (χ1) is 5.56. The summed E-state index contributed by atoms with van der Waals surface area (Å²) in [5, 5.41) is 8.34. The molecule has 0 aromatic heterocycles. The average Bonchev–Trinajstić information content (AvgIpc) is 2.00. The molecule has 2 nitrogen and oxygen atoms in total. The molecule has 0 heterocycles. The van der Waals surface area contributed by atoms with E-state index in [-0.39, 0.29) is 0 Å². The van der Waals surface area contributed by atoms with E-state index in [1.165, 1.54) is 0 Å². The molecule has 0 saturated carbocycles. The number of rotatable bonds is 4. The molecular weight excluding hydrogens is 152 g/mol. The van der Waals surface area contributed by atoms with Crippen LogP contribution < -0.4 is 0 Å². The molecule has 2 heteroatoms. The maximum Gasteiger partial charge on any atom is 0.328 e. The normalized spacial score (nSPS) is 15.1. The van der Waals surface area contributed by atoms with Crippen LogP contribution in [0.1, 0.15) is 27.2 Å². The maximum atomic E-state index is 10.1. The monoisotopic (exact) mass is 168 g/mol. The zero-order valence-electron chi connectivity index (χ0n) is 7.87. The number of hydrogen-bond donors (Lipinski definition) is 1. The summed E-state index contributed by atoms with van der Waals surface area (Å²) in [6, 6.07) is 0. The van der Waals surface area contributed by atoms with Crippen LogP contribution in [0.3, 0.4) is 0 Å². The van der Waals surface area contributed by atoms with Gasteiger partial charge in [0.1, 0.15) is 0 Å². The molecular formula is C10H16O2. The smallest absolute Gasteiger partial charge is 0.328 e. The van der Waals surface area contributed by atoms with Gasteiger partial charge >= 0.3 is 5.97 Å². The third-order valence-electron chi connectivity index (χ3n) is 1.68. The summed E-state index contributed by atoms with van der Waals surface area (Å²) in [6.45, 7) is 6.12. The van der Waals surface area contributed by atoms with Crippen LogP contribution in [0.25, 0.3) is 0 Å². The number of carbonyl (C=O) groups is 1. The quantitative estimate of drug-likeness (QED) is 0.517. The van der Waals surface area contributed by atoms with Gasteiger partial charge in [-0.15, -0.1) is 0 Å². The molecule has 0 aromatic carbocycles. The Bertz CT molecular complexity index is 202. The fourth-order valence-electron chi connectivity index (χ4n) is 0.825. The van der Waals surface area contributed by atoms with Crippen molar-refractivity contribution in [3.8, 4) is 0 Å². The van der Waals surface area contributed by atoms with Crippen LogP contribution in [0, 0.1) is 5.92 Å². The molecule has 0 fully saturated rings. The van der Waals surface area contributed by atoms with Gasteiger partial charge in [-0.05, 0) is 12.8 Å². The first-order valence-electron chi connectivity index (χ1n) is 4.15. The molecule has 1 atom stereocenters. The molecule has 0 spiro atoms. The molecule has 0 rings (SSSR count). The van der Waals surface area contributed by atoms with Crippen molar-refractivity contribution in [3.63, 3.8) is 0 Å². The minimum atomic E-state index is -0.896. The first-order valence-corrected chi connectivity index (χ1v) is 4.15. The van der Waals surface area contributed by atoms with Crippen molar-refractivity contribution in [3.05, 3.63) is 23.8 Å². The van der Waals surface area contributed by atoms with E-state index in [1.54, 1.807) is 6.08 Å². The minimum absolute atomic E-state index is 0.517. The molecule has 0 saturated heterocycles. The van der Waals surface area contributed by atoms with E-state index in [9.17, 15) is 4.79 Å². The first kappa shape index (κ1) is 11.0. The lowest BCUT2D eigenvalue weighted by molar-refractivity contribution is -0.131. The second kappa shape index (κ2) is 5.58. The summed E-state index contributed by atoms with van der Waals surface area (Å²) in [5.41, 5.74) is 1.01. The third kappa shape index (κ3) is 5.71. The van der Waals surface area contributed by atoms with Crippen LogP contribution in [0.5, 0.6) is 0 Å². The Balaban J connectivity index is 4.10. The fourth-order valence-corrected chi connectivity index (χ4v) is 0.825. The number of hydrogen-bond acceptors (Lipinski definition) is 1. The van der Waals surface area contributed by atoms with E-state index in [1.807, 2.05) is 6.92 Å². The van der Waals surface area contributed by atoms with Crippen LogP contribution in [0.2, 0.25) is 0 Å². The van der Waals surface area contributed by atoms with Crippen LogP contribution >= 0.6 is 0 Å². The zero-order chi connectivity index (χ0) is 9.56. The minimum Gasteiger partial charge on any atom is -0.478 e. The summed E-state index contributed by atoms with van der Waals surface area (Å²) in [4.78, 5) is 10.1. The van der Waals surface area contributed by atoms with Crippen molar-refractivity contribution >= 4 is 5.97 Å². The van der Waals surface area contributed by atoms with Gasteiger partial charge in [0.15, 0.2) is 0 Å². The summed E-state index contributed by atoms with van der Waals surface area (Å²) in [7, 11) is 0. The second-order valence-corrected chi connectivity index (χ2v) is 2.97. The van der Waals surface area contributed by atoms with Gasteiger partial charge in [-0.3, -0.25) is 0 Å². The van der Waals surface area contributed by atoms with E-state index < -0.39 is 5.97 Å². The van der Waals surface area contributed by atoms with E-state index in [4.69, 9.17) is 5.11 Å². The Morgan fingerprint density at radius 1 is 1.50 bits per heavy atom. The molecule has 1 unspecified atom stereocenters. The molecule has 12 heavy (non-hydrogen) atoms. The van der Waals surface area contributed by atoms with Crippen molar-refractivity contribution in [1.82, 2.24) is 0 Å². The average molecular weight is 168 g/mol. The third-order valence-corrected chi connectivity index (χ3v) is 1.68. The summed E-state index contributed by atoms with van der Waals surface area (Å²) >= 11 is 0. The SMILES string of the molecule is CCC(C)C=C(C)C=CC(=O)O. The lowest BCUT2D eigenvalue weighted by atomic mass is 10.1. The topological polar surface area (TPSA) is 37.3 Å². The molecule has 0 aliphatic heterocycles. The van der Waals surface area contributed by atoms with E-state index >= 15 is 0 Å². The fraction of sp³-hybridized carbons (Fsp3) is 0.500. The predicted octanol–water partition coefficient (Wildman–Crippen LogP) is 2.62. The van der Waals surface area contributed by atoms with Gasteiger partial charge in [-0.2, -0.15) is 0 Å².